The molecule has 1 aliphatic carbocycles. The van der Waals surface area contributed by atoms with Crippen LogP contribution in [-0.2, 0) is 0 Å². The average molecular weight is 286 g/mol. The molecule has 1 aromatic rings. The van der Waals surface area contributed by atoms with Crippen molar-refractivity contribution >= 4 is 22.9 Å². The summed E-state index contributed by atoms with van der Waals surface area (Å²) in [6.45, 7) is 5.65. The Hall–Kier alpha value is -0.0500. The van der Waals surface area contributed by atoms with Crippen molar-refractivity contribution in [3.05, 3.63) is 21.3 Å². The highest BCUT2D eigenvalue weighted by atomic mass is 35.5. The van der Waals surface area contributed by atoms with Crippen LogP contribution in [0.4, 0.5) is 0 Å². The normalized spacial score (nSPS) is 20.2. The minimum atomic E-state index is 0.434. The van der Waals surface area contributed by atoms with Gasteiger partial charge in [0.2, 0.25) is 0 Å². The first kappa shape index (κ1) is 14.4. The lowest BCUT2D eigenvalue weighted by Gasteiger charge is -2.37. The van der Waals surface area contributed by atoms with Crippen LogP contribution in [0.2, 0.25) is 5.02 Å². The van der Waals surface area contributed by atoms with Crippen molar-refractivity contribution in [2.75, 3.05) is 6.54 Å². The largest absolute Gasteiger partial charge is 0.309 e. The van der Waals surface area contributed by atoms with Crippen LogP contribution in [0.3, 0.4) is 0 Å². The van der Waals surface area contributed by atoms with Crippen molar-refractivity contribution in [3.63, 3.8) is 0 Å². The number of hydrogen-bond acceptors (Lipinski definition) is 2. The molecule has 0 spiro atoms. The average Bonchev–Trinajstić information content (AvgIpc) is 3.01. The lowest BCUT2D eigenvalue weighted by molar-refractivity contribution is 0.190. The van der Waals surface area contributed by atoms with Crippen molar-refractivity contribution in [2.45, 2.75) is 58.4 Å². The lowest BCUT2D eigenvalue weighted by atomic mass is 9.75. The van der Waals surface area contributed by atoms with Crippen LogP contribution in [0.5, 0.6) is 0 Å². The monoisotopic (exact) mass is 285 g/mol. The summed E-state index contributed by atoms with van der Waals surface area (Å²) >= 11 is 8.20. The van der Waals surface area contributed by atoms with Crippen molar-refractivity contribution in [3.8, 4) is 0 Å². The molecule has 0 saturated heterocycles. The molecule has 1 nitrogen and oxygen atoms in total. The molecule has 1 unspecified atom stereocenters. The fourth-order valence-electron chi connectivity index (χ4n) is 3.31. The molecule has 18 heavy (non-hydrogen) atoms. The molecule has 0 radical (unpaired) electrons. The van der Waals surface area contributed by atoms with Gasteiger partial charge < -0.3 is 5.32 Å². The molecular formula is C15H24ClNS. The Morgan fingerprint density at radius 2 is 2.11 bits per heavy atom. The van der Waals surface area contributed by atoms with Crippen molar-refractivity contribution < 1.29 is 0 Å². The van der Waals surface area contributed by atoms with Gasteiger partial charge in [0, 0.05) is 10.9 Å². The van der Waals surface area contributed by atoms with Crippen LogP contribution in [0.25, 0.3) is 0 Å². The maximum absolute atomic E-state index is 6.38. The molecule has 0 bridgehead atoms. The van der Waals surface area contributed by atoms with E-state index in [1.807, 2.05) is 17.4 Å². The zero-order valence-corrected chi connectivity index (χ0v) is 13.0. The summed E-state index contributed by atoms with van der Waals surface area (Å²) in [4.78, 5) is 1.36. The molecule has 1 N–H and O–H groups in total. The smallest absolute Gasteiger partial charge is 0.0561 e. The minimum absolute atomic E-state index is 0.434. The molecule has 1 saturated carbocycles. The van der Waals surface area contributed by atoms with E-state index in [-0.39, 0.29) is 0 Å². The number of rotatable bonds is 6. The number of hydrogen-bond donors (Lipinski definition) is 1. The van der Waals surface area contributed by atoms with E-state index in [1.54, 1.807) is 0 Å². The molecule has 1 aliphatic rings. The van der Waals surface area contributed by atoms with Crippen molar-refractivity contribution in [1.29, 1.82) is 0 Å². The van der Waals surface area contributed by atoms with Gasteiger partial charge in [-0.3, -0.25) is 0 Å². The van der Waals surface area contributed by atoms with Crippen LogP contribution in [0.15, 0.2) is 11.4 Å². The highest BCUT2D eigenvalue weighted by molar-refractivity contribution is 7.10. The molecular weight excluding hydrogens is 262 g/mol. The summed E-state index contributed by atoms with van der Waals surface area (Å²) < 4.78 is 0. The first-order valence-electron chi connectivity index (χ1n) is 7.20. The molecule has 1 atom stereocenters. The van der Waals surface area contributed by atoms with E-state index in [1.165, 1.54) is 43.4 Å². The maximum Gasteiger partial charge on any atom is 0.0561 e. The fourth-order valence-corrected chi connectivity index (χ4v) is 4.69. The summed E-state index contributed by atoms with van der Waals surface area (Å²) in [5, 5.41) is 6.85. The van der Waals surface area contributed by atoms with Gasteiger partial charge in [0.1, 0.15) is 0 Å². The molecule has 3 heteroatoms. The third-order valence-electron chi connectivity index (χ3n) is 4.42. The van der Waals surface area contributed by atoms with Gasteiger partial charge in [0.15, 0.2) is 0 Å². The summed E-state index contributed by atoms with van der Waals surface area (Å²) in [5.74, 6) is 0. The van der Waals surface area contributed by atoms with E-state index in [2.05, 4.69) is 24.5 Å². The molecule has 2 rings (SSSR count). The highest BCUT2D eigenvalue weighted by Gasteiger charge is 2.41. The van der Waals surface area contributed by atoms with Gasteiger partial charge in [0.05, 0.1) is 5.02 Å². The van der Waals surface area contributed by atoms with E-state index in [4.69, 9.17) is 11.6 Å². The zero-order valence-electron chi connectivity index (χ0n) is 11.5. The van der Waals surface area contributed by atoms with Crippen LogP contribution in [0.1, 0.15) is 63.3 Å². The van der Waals surface area contributed by atoms with Gasteiger partial charge in [-0.05, 0) is 49.1 Å². The van der Waals surface area contributed by atoms with E-state index < -0.39 is 0 Å². The second-order valence-corrected chi connectivity index (χ2v) is 6.80. The predicted molar refractivity (Wildman–Crippen MR) is 81.6 cm³/mol. The molecule has 1 heterocycles. The van der Waals surface area contributed by atoms with Crippen LogP contribution < -0.4 is 5.32 Å². The molecule has 102 valence electrons. The fraction of sp³-hybridized carbons (Fsp3) is 0.733. The Labute approximate surface area is 120 Å². The standard InChI is InChI=1S/C15H24ClNS/c1-3-10-17-14(13-12(16)7-11-18-13)15(4-2)8-5-6-9-15/h7,11,14,17H,3-6,8-10H2,1-2H3. The molecule has 0 amide bonds. The van der Waals surface area contributed by atoms with Gasteiger partial charge in [-0.25, -0.2) is 0 Å². The summed E-state index contributed by atoms with van der Waals surface area (Å²) in [6, 6.07) is 2.50. The van der Waals surface area contributed by atoms with E-state index in [0.717, 1.165) is 11.6 Å². The molecule has 0 aromatic carbocycles. The SMILES string of the molecule is CCCNC(c1sccc1Cl)C1(CC)CCCC1. The van der Waals surface area contributed by atoms with Crippen LogP contribution in [0, 0.1) is 5.41 Å². The third-order valence-corrected chi connectivity index (χ3v) is 5.84. The lowest BCUT2D eigenvalue weighted by Crippen LogP contribution is -2.36. The van der Waals surface area contributed by atoms with Gasteiger partial charge in [0.25, 0.3) is 0 Å². The van der Waals surface area contributed by atoms with Crippen LogP contribution >= 0.6 is 22.9 Å². The van der Waals surface area contributed by atoms with E-state index in [9.17, 15) is 0 Å². The number of thiophene rings is 1. The first-order valence-corrected chi connectivity index (χ1v) is 8.45. The van der Waals surface area contributed by atoms with Gasteiger partial charge in [-0.15, -0.1) is 11.3 Å². The van der Waals surface area contributed by atoms with E-state index in [0.29, 0.717) is 11.5 Å². The quantitative estimate of drug-likeness (QED) is 0.736. The second kappa shape index (κ2) is 6.40. The van der Waals surface area contributed by atoms with Gasteiger partial charge >= 0.3 is 0 Å². The molecule has 1 aromatic heterocycles. The topological polar surface area (TPSA) is 12.0 Å². The summed E-state index contributed by atoms with van der Waals surface area (Å²) in [6.07, 6.45) is 7.88. The van der Waals surface area contributed by atoms with Crippen LogP contribution in [-0.4, -0.2) is 6.54 Å². The Bertz CT molecular complexity index is 368. The Balaban J connectivity index is 2.26. The highest BCUT2D eigenvalue weighted by Crippen LogP contribution is 2.52. The van der Waals surface area contributed by atoms with Gasteiger partial charge in [-0.2, -0.15) is 0 Å². The Kier molecular flexibility index (Phi) is 5.11. The Morgan fingerprint density at radius 3 is 2.61 bits per heavy atom. The van der Waals surface area contributed by atoms with Gasteiger partial charge in [-0.1, -0.05) is 38.3 Å². The number of halogens is 1. The first-order chi connectivity index (χ1) is 8.73. The predicted octanol–water partition coefficient (Wildman–Crippen LogP) is 5.41. The summed E-state index contributed by atoms with van der Waals surface area (Å²) in [7, 11) is 0. The van der Waals surface area contributed by atoms with Crippen molar-refractivity contribution in [2.24, 2.45) is 5.41 Å². The maximum atomic E-state index is 6.38. The van der Waals surface area contributed by atoms with Crippen molar-refractivity contribution in [1.82, 2.24) is 5.32 Å². The third kappa shape index (κ3) is 2.76. The Morgan fingerprint density at radius 1 is 1.39 bits per heavy atom. The van der Waals surface area contributed by atoms with E-state index >= 15 is 0 Å². The molecule has 1 fully saturated rings. The zero-order chi connectivity index (χ0) is 13.0. The minimum Gasteiger partial charge on any atom is -0.309 e. The second-order valence-electron chi connectivity index (χ2n) is 5.44. The summed E-state index contributed by atoms with van der Waals surface area (Å²) in [5.41, 5.74) is 0.434. The molecule has 0 aliphatic heterocycles. The number of nitrogens with one attached hydrogen (secondary N) is 1.